The first-order valence-electron chi connectivity index (χ1n) is 5.89. The molecule has 1 aromatic rings. The highest BCUT2D eigenvalue weighted by Gasteiger charge is 2.35. The van der Waals surface area contributed by atoms with Crippen LogP contribution in [0.3, 0.4) is 0 Å². The number of carbonyl (C=O) groups is 1. The smallest absolute Gasteiger partial charge is 0.306 e. The maximum Gasteiger partial charge on any atom is 0.306 e. The van der Waals surface area contributed by atoms with E-state index in [1.54, 1.807) is 6.20 Å². The van der Waals surface area contributed by atoms with Crippen molar-refractivity contribution < 1.29 is 9.90 Å². The summed E-state index contributed by atoms with van der Waals surface area (Å²) in [6, 6.07) is 3.96. The molecule has 1 heterocycles. The second-order valence-corrected chi connectivity index (χ2v) is 4.54. The SMILES string of the molecule is O=C(O)[C@H](CCCc1cccnc1)C1CC1. The van der Waals surface area contributed by atoms with Crippen molar-refractivity contribution in [2.24, 2.45) is 11.8 Å². The lowest BCUT2D eigenvalue weighted by atomic mass is 9.96. The lowest BCUT2D eigenvalue weighted by Gasteiger charge is -2.10. The van der Waals surface area contributed by atoms with Gasteiger partial charge < -0.3 is 5.11 Å². The molecule has 2 rings (SSSR count). The fraction of sp³-hybridized carbons (Fsp3) is 0.538. The van der Waals surface area contributed by atoms with Crippen LogP contribution in [-0.2, 0) is 11.2 Å². The Balaban J connectivity index is 1.76. The second-order valence-electron chi connectivity index (χ2n) is 4.54. The highest BCUT2D eigenvalue weighted by molar-refractivity contribution is 5.70. The van der Waals surface area contributed by atoms with E-state index < -0.39 is 5.97 Å². The van der Waals surface area contributed by atoms with Crippen LogP contribution in [0.1, 0.15) is 31.2 Å². The Bertz CT molecular complexity index is 346. The molecule has 3 heteroatoms. The normalized spacial score (nSPS) is 17.0. The molecule has 1 aromatic heterocycles. The van der Waals surface area contributed by atoms with E-state index in [0.717, 1.165) is 32.1 Å². The molecule has 0 radical (unpaired) electrons. The summed E-state index contributed by atoms with van der Waals surface area (Å²) in [7, 11) is 0. The molecule has 0 aliphatic heterocycles. The Morgan fingerprint density at radius 2 is 2.38 bits per heavy atom. The minimum atomic E-state index is -0.617. The molecule has 1 N–H and O–H groups in total. The molecule has 0 aromatic carbocycles. The van der Waals surface area contributed by atoms with Crippen molar-refractivity contribution >= 4 is 5.97 Å². The van der Waals surface area contributed by atoms with Gasteiger partial charge >= 0.3 is 5.97 Å². The topological polar surface area (TPSA) is 50.2 Å². The lowest BCUT2D eigenvalue weighted by molar-refractivity contribution is -0.142. The van der Waals surface area contributed by atoms with Crippen LogP contribution < -0.4 is 0 Å². The molecule has 1 atom stereocenters. The third-order valence-corrected chi connectivity index (χ3v) is 3.21. The monoisotopic (exact) mass is 219 g/mol. The quantitative estimate of drug-likeness (QED) is 0.799. The lowest BCUT2D eigenvalue weighted by Crippen LogP contribution is -2.15. The van der Waals surface area contributed by atoms with Gasteiger partial charge in [0.15, 0.2) is 0 Å². The molecule has 1 saturated carbocycles. The van der Waals surface area contributed by atoms with Crippen molar-refractivity contribution in [2.45, 2.75) is 32.1 Å². The summed E-state index contributed by atoms with van der Waals surface area (Å²) in [5, 5.41) is 9.07. The summed E-state index contributed by atoms with van der Waals surface area (Å²) in [6.07, 6.45) is 8.49. The number of carboxylic acid groups (broad SMARTS) is 1. The van der Waals surface area contributed by atoms with Crippen LogP contribution in [0.25, 0.3) is 0 Å². The summed E-state index contributed by atoms with van der Waals surface area (Å²) in [6.45, 7) is 0. The Labute approximate surface area is 95.5 Å². The van der Waals surface area contributed by atoms with Gasteiger partial charge in [-0.1, -0.05) is 6.07 Å². The maximum atomic E-state index is 11.0. The third kappa shape index (κ3) is 3.05. The van der Waals surface area contributed by atoms with Crippen LogP contribution in [0, 0.1) is 11.8 Å². The third-order valence-electron chi connectivity index (χ3n) is 3.21. The van der Waals surface area contributed by atoms with Gasteiger partial charge in [-0.05, 0) is 49.7 Å². The fourth-order valence-electron chi connectivity index (χ4n) is 2.13. The van der Waals surface area contributed by atoms with Crippen molar-refractivity contribution in [1.29, 1.82) is 0 Å². The molecule has 0 bridgehead atoms. The summed E-state index contributed by atoms with van der Waals surface area (Å²) in [5.41, 5.74) is 1.20. The molecule has 86 valence electrons. The highest BCUT2D eigenvalue weighted by atomic mass is 16.4. The van der Waals surface area contributed by atoms with Crippen LogP contribution in [0.15, 0.2) is 24.5 Å². The first kappa shape index (κ1) is 11.1. The first-order chi connectivity index (χ1) is 7.77. The van der Waals surface area contributed by atoms with Crippen molar-refractivity contribution in [3.63, 3.8) is 0 Å². The van der Waals surface area contributed by atoms with Crippen LogP contribution >= 0.6 is 0 Å². The van der Waals surface area contributed by atoms with Crippen molar-refractivity contribution in [3.05, 3.63) is 30.1 Å². The number of aliphatic carboxylic acids is 1. The van der Waals surface area contributed by atoms with Gasteiger partial charge in [-0.2, -0.15) is 0 Å². The van der Waals surface area contributed by atoms with Crippen molar-refractivity contribution in [2.75, 3.05) is 0 Å². The highest BCUT2D eigenvalue weighted by Crippen LogP contribution is 2.39. The van der Waals surface area contributed by atoms with E-state index in [0.29, 0.717) is 5.92 Å². The van der Waals surface area contributed by atoms with Gasteiger partial charge in [0.05, 0.1) is 5.92 Å². The number of pyridine rings is 1. The van der Waals surface area contributed by atoms with Gasteiger partial charge in [0.2, 0.25) is 0 Å². The standard InChI is InChI=1S/C13H17NO2/c15-13(16)12(11-6-7-11)5-1-3-10-4-2-8-14-9-10/h2,4,8-9,11-12H,1,3,5-7H2,(H,15,16)/t12-/m1/s1. The molecule has 16 heavy (non-hydrogen) atoms. The number of carboxylic acids is 1. The largest absolute Gasteiger partial charge is 0.481 e. The van der Waals surface area contributed by atoms with Crippen LogP contribution in [0.2, 0.25) is 0 Å². The van der Waals surface area contributed by atoms with Gasteiger partial charge in [0, 0.05) is 12.4 Å². The van der Waals surface area contributed by atoms with Crippen molar-refractivity contribution in [3.8, 4) is 0 Å². The maximum absolute atomic E-state index is 11.0. The van der Waals surface area contributed by atoms with E-state index in [1.807, 2.05) is 18.3 Å². The van der Waals surface area contributed by atoms with E-state index in [-0.39, 0.29) is 5.92 Å². The second kappa shape index (κ2) is 5.10. The van der Waals surface area contributed by atoms with Gasteiger partial charge in [-0.25, -0.2) is 0 Å². The van der Waals surface area contributed by atoms with Gasteiger partial charge in [0.25, 0.3) is 0 Å². The average Bonchev–Trinajstić information content (AvgIpc) is 3.09. The Hall–Kier alpha value is -1.38. The minimum absolute atomic E-state index is 0.114. The van der Waals surface area contributed by atoms with Crippen LogP contribution in [0.5, 0.6) is 0 Å². The van der Waals surface area contributed by atoms with E-state index in [4.69, 9.17) is 5.11 Å². The summed E-state index contributed by atoms with van der Waals surface area (Å²) < 4.78 is 0. The Morgan fingerprint density at radius 1 is 1.56 bits per heavy atom. The molecule has 0 saturated heterocycles. The minimum Gasteiger partial charge on any atom is -0.481 e. The molecular weight excluding hydrogens is 202 g/mol. The van der Waals surface area contributed by atoms with Gasteiger partial charge in [-0.3, -0.25) is 9.78 Å². The zero-order valence-electron chi connectivity index (χ0n) is 9.30. The summed E-state index contributed by atoms with van der Waals surface area (Å²) in [4.78, 5) is 15.1. The van der Waals surface area contributed by atoms with E-state index >= 15 is 0 Å². The molecular formula is C13H17NO2. The van der Waals surface area contributed by atoms with E-state index in [2.05, 4.69) is 4.98 Å². The van der Waals surface area contributed by atoms with Crippen LogP contribution in [-0.4, -0.2) is 16.1 Å². The number of rotatable bonds is 6. The number of aromatic nitrogens is 1. The molecule has 1 aliphatic rings. The average molecular weight is 219 g/mol. The van der Waals surface area contributed by atoms with Crippen LogP contribution in [0.4, 0.5) is 0 Å². The van der Waals surface area contributed by atoms with Gasteiger partial charge in [0.1, 0.15) is 0 Å². The van der Waals surface area contributed by atoms with E-state index in [1.165, 1.54) is 5.56 Å². The number of aryl methyl sites for hydroxylation is 1. The predicted octanol–water partition coefficient (Wildman–Crippen LogP) is 2.52. The molecule has 0 unspecified atom stereocenters. The predicted molar refractivity (Wildman–Crippen MR) is 61.0 cm³/mol. The zero-order valence-corrected chi connectivity index (χ0v) is 9.30. The van der Waals surface area contributed by atoms with Gasteiger partial charge in [-0.15, -0.1) is 0 Å². The Kier molecular flexibility index (Phi) is 3.54. The molecule has 1 fully saturated rings. The zero-order chi connectivity index (χ0) is 11.4. The summed E-state index contributed by atoms with van der Waals surface area (Å²) in [5.74, 6) is -0.281. The molecule has 3 nitrogen and oxygen atoms in total. The van der Waals surface area contributed by atoms with E-state index in [9.17, 15) is 4.79 Å². The number of nitrogens with zero attached hydrogens (tertiary/aromatic N) is 1. The fourth-order valence-corrected chi connectivity index (χ4v) is 2.13. The number of hydrogen-bond donors (Lipinski definition) is 1. The molecule has 1 aliphatic carbocycles. The number of hydrogen-bond acceptors (Lipinski definition) is 2. The molecule has 0 spiro atoms. The first-order valence-corrected chi connectivity index (χ1v) is 5.89. The summed E-state index contributed by atoms with van der Waals surface area (Å²) >= 11 is 0. The van der Waals surface area contributed by atoms with Crippen molar-refractivity contribution in [1.82, 2.24) is 4.98 Å². The molecule has 0 amide bonds. The Morgan fingerprint density at radius 3 is 2.94 bits per heavy atom.